The molecular weight excluding hydrogens is 269 g/mol. The Morgan fingerprint density at radius 3 is 2.81 bits per heavy atom. The number of rotatable bonds is 7. The molecule has 0 saturated heterocycles. The predicted molar refractivity (Wildman–Crippen MR) is 80.5 cm³/mol. The Bertz CT molecular complexity index is 581. The molecule has 1 N–H and O–H groups in total. The fraction of sp³-hybridized carbons (Fsp3) is 0.438. The molecule has 0 unspecified atom stereocenters. The molecule has 0 atom stereocenters. The number of hydrogen-bond donors (Lipinski definition) is 1. The Morgan fingerprint density at radius 1 is 1.33 bits per heavy atom. The van der Waals surface area contributed by atoms with Crippen LogP contribution in [0.5, 0.6) is 5.75 Å². The van der Waals surface area contributed by atoms with Gasteiger partial charge in [0.05, 0.1) is 5.69 Å². The maximum Gasteiger partial charge on any atom is 0.132 e. The fourth-order valence-electron chi connectivity index (χ4n) is 2.01. The van der Waals surface area contributed by atoms with Gasteiger partial charge in [-0.15, -0.1) is 0 Å². The molecule has 0 aliphatic heterocycles. The quantitative estimate of drug-likeness (QED) is 0.852. The van der Waals surface area contributed by atoms with Crippen LogP contribution in [0.15, 0.2) is 30.5 Å². The van der Waals surface area contributed by atoms with Crippen molar-refractivity contribution in [1.29, 1.82) is 0 Å². The average molecular weight is 291 g/mol. The lowest BCUT2D eigenvalue weighted by molar-refractivity contribution is 0.298. The van der Waals surface area contributed by atoms with Gasteiger partial charge in [-0.25, -0.2) is 4.39 Å². The number of aromatic nitrogens is 2. The Hall–Kier alpha value is -1.88. The molecular formula is C16H22FN3O. The van der Waals surface area contributed by atoms with Gasteiger partial charge in [-0.1, -0.05) is 13.8 Å². The number of hydrogen-bond acceptors (Lipinski definition) is 3. The minimum atomic E-state index is -0.283. The lowest BCUT2D eigenvalue weighted by Crippen LogP contribution is -2.19. The largest absolute Gasteiger partial charge is 0.487 e. The van der Waals surface area contributed by atoms with Crippen molar-refractivity contribution in [3.05, 3.63) is 47.5 Å². The second-order valence-corrected chi connectivity index (χ2v) is 5.59. The van der Waals surface area contributed by atoms with Gasteiger partial charge in [0, 0.05) is 25.9 Å². The van der Waals surface area contributed by atoms with Gasteiger partial charge in [-0.2, -0.15) is 5.10 Å². The van der Waals surface area contributed by atoms with Crippen LogP contribution in [0.3, 0.4) is 0 Å². The van der Waals surface area contributed by atoms with Crippen LogP contribution in [0.1, 0.15) is 25.1 Å². The highest BCUT2D eigenvalue weighted by Crippen LogP contribution is 2.17. The van der Waals surface area contributed by atoms with Gasteiger partial charge in [0.25, 0.3) is 0 Å². The van der Waals surface area contributed by atoms with E-state index >= 15 is 0 Å². The molecule has 0 bridgehead atoms. The minimum Gasteiger partial charge on any atom is -0.487 e. The summed E-state index contributed by atoms with van der Waals surface area (Å²) < 4.78 is 20.9. The van der Waals surface area contributed by atoms with E-state index in [1.807, 2.05) is 25.4 Å². The van der Waals surface area contributed by atoms with Gasteiger partial charge in [0.2, 0.25) is 0 Å². The normalized spacial score (nSPS) is 11.1. The van der Waals surface area contributed by atoms with Crippen LogP contribution in [0.2, 0.25) is 0 Å². The lowest BCUT2D eigenvalue weighted by Gasteiger charge is -2.10. The fourth-order valence-corrected chi connectivity index (χ4v) is 2.01. The van der Waals surface area contributed by atoms with Crippen molar-refractivity contribution in [2.75, 3.05) is 6.54 Å². The van der Waals surface area contributed by atoms with Crippen LogP contribution in [-0.4, -0.2) is 16.3 Å². The summed E-state index contributed by atoms with van der Waals surface area (Å²) in [4.78, 5) is 0. The monoisotopic (exact) mass is 291 g/mol. The van der Waals surface area contributed by atoms with Crippen LogP contribution >= 0.6 is 0 Å². The average Bonchev–Trinajstić information content (AvgIpc) is 2.81. The first kappa shape index (κ1) is 15.5. The lowest BCUT2D eigenvalue weighted by atomic mass is 10.2. The van der Waals surface area contributed by atoms with Crippen molar-refractivity contribution < 1.29 is 9.13 Å². The summed E-state index contributed by atoms with van der Waals surface area (Å²) in [5, 5.41) is 7.52. The highest BCUT2D eigenvalue weighted by atomic mass is 19.1. The van der Waals surface area contributed by atoms with Gasteiger partial charge >= 0.3 is 0 Å². The number of benzene rings is 1. The molecule has 114 valence electrons. The first-order chi connectivity index (χ1) is 10.0. The van der Waals surface area contributed by atoms with Crippen LogP contribution in [-0.2, 0) is 20.2 Å². The molecule has 0 radical (unpaired) electrons. The molecule has 1 aromatic heterocycles. The van der Waals surface area contributed by atoms with E-state index in [0.29, 0.717) is 24.8 Å². The Morgan fingerprint density at radius 2 is 2.14 bits per heavy atom. The highest BCUT2D eigenvalue weighted by Gasteiger charge is 2.04. The zero-order chi connectivity index (χ0) is 15.2. The highest BCUT2D eigenvalue weighted by molar-refractivity contribution is 5.29. The van der Waals surface area contributed by atoms with Crippen LogP contribution in [0.25, 0.3) is 0 Å². The van der Waals surface area contributed by atoms with Crippen molar-refractivity contribution in [1.82, 2.24) is 15.1 Å². The summed E-state index contributed by atoms with van der Waals surface area (Å²) in [6, 6.07) is 6.67. The van der Waals surface area contributed by atoms with E-state index < -0.39 is 0 Å². The molecule has 4 nitrogen and oxygen atoms in total. The number of aryl methyl sites for hydroxylation is 1. The van der Waals surface area contributed by atoms with E-state index in [4.69, 9.17) is 4.74 Å². The SMILES string of the molecule is CC(C)CNCc1cc(F)cc(OCc2ccn(C)n2)c1. The van der Waals surface area contributed by atoms with Crippen LogP contribution < -0.4 is 10.1 Å². The topological polar surface area (TPSA) is 39.1 Å². The van der Waals surface area contributed by atoms with Gasteiger partial charge in [0.1, 0.15) is 18.2 Å². The van der Waals surface area contributed by atoms with E-state index in [1.165, 1.54) is 12.1 Å². The molecule has 0 spiro atoms. The van der Waals surface area contributed by atoms with E-state index in [0.717, 1.165) is 17.8 Å². The van der Waals surface area contributed by atoms with Crippen molar-refractivity contribution in [2.45, 2.75) is 27.0 Å². The van der Waals surface area contributed by atoms with E-state index in [2.05, 4.69) is 24.3 Å². The van der Waals surface area contributed by atoms with E-state index in [9.17, 15) is 4.39 Å². The molecule has 0 amide bonds. The zero-order valence-electron chi connectivity index (χ0n) is 12.8. The molecule has 0 aliphatic carbocycles. The van der Waals surface area contributed by atoms with Crippen LogP contribution in [0.4, 0.5) is 4.39 Å². The summed E-state index contributed by atoms with van der Waals surface area (Å²) in [6.45, 7) is 6.15. The van der Waals surface area contributed by atoms with Crippen molar-refractivity contribution in [3.8, 4) is 5.75 Å². The number of ether oxygens (including phenoxy) is 1. The maximum absolute atomic E-state index is 13.6. The minimum absolute atomic E-state index is 0.283. The summed E-state index contributed by atoms with van der Waals surface area (Å²) in [6.07, 6.45) is 1.85. The van der Waals surface area contributed by atoms with E-state index in [-0.39, 0.29) is 5.82 Å². The standard InChI is InChI=1S/C16H22FN3O/c1-12(2)9-18-10-13-6-14(17)8-16(7-13)21-11-15-4-5-20(3)19-15/h4-8,12,18H,9-11H2,1-3H3. The first-order valence-corrected chi connectivity index (χ1v) is 7.14. The third-order valence-corrected chi connectivity index (χ3v) is 2.97. The number of halogens is 1. The van der Waals surface area contributed by atoms with Crippen molar-refractivity contribution in [3.63, 3.8) is 0 Å². The number of nitrogens with one attached hydrogen (secondary N) is 1. The smallest absolute Gasteiger partial charge is 0.132 e. The third kappa shape index (κ3) is 5.19. The van der Waals surface area contributed by atoms with Crippen molar-refractivity contribution in [2.24, 2.45) is 13.0 Å². The summed E-state index contributed by atoms with van der Waals surface area (Å²) >= 11 is 0. The molecule has 21 heavy (non-hydrogen) atoms. The summed E-state index contributed by atoms with van der Waals surface area (Å²) in [5.41, 5.74) is 1.70. The second-order valence-electron chi connectivity index (χ2n) is 5.59. The number of nitrogens with zero attached hydrogens (tertiary/aromatic N) is 2. The Kier molecular flexibility index (Phi) is 5.33. The van der Waals surface area contributed by atoms with Gasteiger partial charge in [-0.05, 0) is 36.2 Å². The zero-order valence-corrected chi connectivity index (χ0v) is 12.8. The molecule has 0 fully saturated rings. The van der Waals surface area contributed by atoms with Gasteiger partial charge < -0.3 is 10.1 Å². The van der Waals surface area contributed by atoms with Gasteiger partial charge in [-0.3, -0.25) is 4.68 Å². The Labute approximate surface area is 124 Å². The Balaban J connectivity index is 1.94. The summed E-state index contributed by atoms with van der Waals surface area (Å²) in [5.74, 6) is 0.815. The third-order valence-electron chi connectivity index (χ3n) is 2.97. The van der Waals surface area contributed by atoms with E-state index in [1.54, 1.807) is 4.68 Å². The molecule has 0 saturated carbocycles. The van der Waals surface area contributed by atoms with Crippen LogP contribution in [0, 0.1) is 11.7 Å². The molecule has 0 aliphatic rings. The molecule has 1 heterocycles. The molecule has 1 aromatic carbocycles. The van der Waals surface area contributed by atoms with Crippen molar-refractivity contribution >= 4 is 0 Å². The molecule has 2 rings (SSSR count). The second kappa shape index (κ2) is 7.22. The predicted octanol–water partition coefficient (Wildman–Crippen LogP) is 2.88. The molecule has 2 aromatic rings. The van der Waals surface area contributed by atoms with Gasteiger partial charge in [0.15, 0.2) is 0 Å². The first-order valence-electron chi connectivity index (χ1n) is 7.14. The maximum atomic E-state index is 13.6. The summed E-state index contributed by atoms with van der Waals surface area (Å²) in [7, 11) is 1.85. The molecule has 5 heteroatoms.